The average molecular weight is 345 g/mol. The molecule has 126 valence electrons. The molecule has 0 radical (unpaired) electrons. The Labute approximate surface area is 133 Å². The van der Waals surface area contributed by atoms with Crippen molar-refractivity contribution in [2.24, 2.45) is 0 Å². The highest BCUT2D eigenvalue weighted by molar-refractivity contribution is 7.88. The Morgan fingerprint density at radius 1 is 1.00 bits per heavy atom. The summed E-state index contributed by atoms with van der Waals surface area (Å²) >= 11 is 0. The summed E-state index contributed by atoms with van der Waals surface area (Å²) in [4.78, 5) is 0. The highest BCUT2D eigenvalue weighted by Gasteiger charge is 2.32. The van der Waals surface area contributed by atoms with Crippen molar-refractivity contribution in [3.8, 4) is 0 Å². The summed E-state index contributed by atoms with van der Waals surface area (Å²) in [5, 5.41) is 0. The molecule has 0 aromatic heterocycles. The molecule has 2 aliphatic rings. The van der Waals surface area contributed by atoms with E-state index in [-0.39, 0.29) is 11.3 Å². The number of hydrogen-bond donors (Lipinski definition) is 0. The lowest BCUT2D eigenvalue weighted by Crippen LogP contribution is -2.37. The highest BCUT2D eigenvalue weighted by atomic mass is 32.2. The molecule has 1 aliphatic carbocycles. The van der Waals surface area contributed by atoms with Crippen LogP contribution in [0.15, 0.2) is 35.4 Å². The van der Waals surface area contributed by atoms with Gasteiger partial charge in [-0.05, 0) is 37.3 Å². The molecule has 0 N–H and O–H groups in total. The van der Waals surface area contributed by atoms with Crippen LogP contribution in [0.25, 0.3) is 0 Å². The van der Waals surface area contributed by atoms with Gasteiger partial charge in [0.15, 0.2) is 0 Å². The van der Waals surface area contributed by atoms with Crippen LogP contribution < -0.4 is 0 Å². The summed E-state index contributed by atoms with van der Waals surface area (Å²) < 4.78 is 64.4. The Bertz CT molecular complexity index is 722. The smallest absolute Gasteiger partial charge is 0.212 e. The van der Waals surface area contributed by atoms with Crippen molar-refractivity contribution in [1.29, 1.82) is 0 Å². The summed E-state index contributed by atoms with van der Waals surface area (Å²) in [5.41, 5.74) is 2.19. The first-order valence-corrected chi connectivity index (χ1v) is 9.20. The molecule has 1 heterocycles. The molecule has 1 saturated carbocycles. The van der Waals surface area contributed by atoms with Gasteiger partial charge in [-0.3, -0.25) is 0 Å². The first-order chi connectivity index (χ1) is 10.8. The normalized spacial score (nSPS) is 20.0. The van der Waals surface area contributed by atoms with Crippen molar-refractivity contribution in [1.82, 2.24) is 4.31 Å². The zero-order valence-corrected chi connectivity index (χ0v) is 13.4. The third kappa shape index (κ3) is 3.95. The molecule has 7 heteroatoms. The van der Waals surface area contributed by atoms with E-state index in [1.54, 1.807) is 0 Å². The van der Waals surface area contributed by atoms with Gasteiger partial charge >= 0.3 is 6.18 Å². The minimum absolute atomic E-state index is 0.172. The molecule has 0 bridgehead atoms. The Morgan fingerprint density at radius 2 is 1.61 bits per heavy atom. The van der Waals surface area contributed by atoms with Crippen molar-refractivity contribution < 1.29 is 21.6 Å². The zero-order chi connectivity index (χ0) is 16.7. The summed E-state index contributed by atoms with van der Waals surface area (Å²) in [6.07, 6.45) is -0.705. The third-order valence-electron chi connectivity index (χ3n) is 4.32. The Hall–Kier alpha value is -1.34. The van der Waals surface area contributed by atoms with Crippen LogP contribution in [0.3, 0.4) is 0 Å². The molecular formula is C16H18F3NO2S. The molecular weight excluding hydrogens is 327 g/mol. The van der Waals surface area contributed by atoms with Gasteiger partial charge in [0.2, 0.25) is 10.0 Å². The van der Waals surface area contributed by atoms with Crippen molar-refractivity contribution in [2.45, 2.75) is 37.6 Å². The largest absolute Gasteiger partial charge is 0.416 e. The number of nitrogens with zero attached hydrogens (tertiary/aromatic N) is 1. The summed E-state index contributed by atoms with van der Waals surface area (Å²) in [6, 6.07) is 4.54. The van der Waals surface area contributed by atoms with Crippen LogP contribution >= 0.6 is 0 Å². The van der Waals surface area contributed by atoms with E-state index in [0.717, 1.165) is 37.8 Å². The van der Waals surface area contributed by atoms with Gasteiger partial charge in [0.1, 0.15) is 0 Å². The van der Waals surface area contributed by atoms with Gasteiger partial charge in [-0.25, -0.2) is 12.7 Å². The minimum atomic E-state index is -4.46. The van der Waals surface area contributed by atoms with E-state index in [0.29, 0.717) is 13.1 Å². The maximum absolute atomic E-state index is 12.7. The Balaban J connectivity index is 1.70. The Morgan fingerprint density at radius 3 is 2.17 bits per heavy atom. The van der Waals surface area contributed by atoms with Crippen LogP contribution in [-0.2, 0) is 22.0 Å². The quantitative estimate of drug-likeness (QED) is 0.783. The first-order valence-electron chi connectivity index (χ1n) is 7.59. The molecule has 2 fully saturated rings. The topological polar surface area (TPSA) is 37.4 Å². The molecule has 1 saturated heterocycles. The SMILES string of the molecule is O=S(=O)(Cc1cccc(C(F)(F)F)c1)N1CCC(=C2CC2)CC1. The molecule has 1 aromatic carbocycles. The van der Waals surface area contributed by atoms with Crippen LogP contribution in [0, 0.1) is 0 Å². The van der Waals surface area contributed by atoms with Crippen LogP contribution in [0.2, 0.25) is 0 Å². The molecule has 3 rings (SSSR count). The van der Waals surface area contributed by atoms with Gasteiger partial charge < -0.3 is 0 Å². The van der Waals surface area contributed by atoms with Gasteiger partial charge in [-0.1, -0.05) is 29.3 Å². The van der Waals surface area contributed by atoms with Gasteiger partial charge in [0, 0.05) is 13.1 Å². The molecule has 1 aliphatic heterocycles. The number of benzene rings is 1. The monoisotopic (exact) mass is 345 g/mol. The summed E-state index contributed by atoms with van der Waals surface area (Å²) in [5.74, 6) is -0.386. The maximum Gasteiger partial charge on any atom is 0.416 e. The number of halogens is 3. The molecule has 23 heavy (non-hydrogen) atoms. The second-order valence-corrected chi connectivity index (χ2v) is 8.03. The molecule has 0 amide bonds. The van der Waals surface area contributed by atoms with Crippen molar-refractivity contribution in [3.63, 3.8) is 0 Å². The fourth-order valence-electron chi connectivity index (χ4n) is 2.94. The standard InChI is InChI=1S/C16H18F3NO2S/c17-16(18,19)15-3-1-2-12(10-15)11-23(21,22)20-8-6-14(7-9-20)13-4-5-13/h1-3,10H,4-9,11H2. The average Bonchev–Trinajstić information content (AvgIpc) is 3.31. The van der Waals surface area contributed by atoms with E-state index in [2.05, 4.69) is 0 Å². The highest BCUT2D eigenvalue weighted by Crippen LogP contribution is 2.36. The second-order valence-electron chi connectivity index (χ2n) is 6.06. The first kappa shape index (κ1) is 16.5. The molecule has 0 atom stereocenters. The van der Waals surface area contributed by atoms with E-state index in [1.165, 1.54) is 27.6 Å². The van der Waals surface area contributed by atoms with Crippen molar-refractivity contribution in [2.75, 3.05) is 13.1 Å². The van der Waals surface area contributed by atoms with E-state index in [9.17, 15) is 21.6 Å². The zero-order valence-electron chi connectivity index (χ0n) is 12.6. The molecule has 1 aromatic rings. The number of alkyl halides is 3. The number of piperidine rings is 1. The lowest BCUT2D eigenvalue weighted by atomic mass is 10.1. The fourth-order valence-corrected chi connectivity index (χ4v) is 4.47. The third-order valence-corrected chi connectivity index (χ3v) is 6.17. The lowest BCUT2D eigenvalue weighted by Gasteiger charge is -2.28. The molecule has 0 spiro atoms. The van der Waals surface area contributed by atoms with E-state index >= 15 is 0 Å². The van der Waals surface area contributed by atoms with Gasteiger partial charge in [-0.15, -0.1) is 0 Å². The Kier molecular flexibility index (Phi) is 4.27. The second kappa shape index (κ2) is 5.94. The van der Waals surface area contributed by atoms with Crippen LogP contribution in [-0.4, -0.2) is 25.8 Å². The predicted molar refractivity (Wildman–Crippen MR) is 81.1 cm³/mol. The summed E-state index contributed by atoms with van der Waals surface area (Å²) in [6.45, 7) is 0.861. The fraction of sp³-hybridized carbons (Fsp3) is 0.500. The predicted octanol–water partition coefficient (Wildman–Crippen LogP) is 3.72. The van der Waals surface area contributed by atoms with Gasteiger partial charge in [0.05, 0.1) is 11.3 Å². The number of allylic oxidation sites excluding steroid dienone is 1. The minimum Gasteiger partial charge on any atom is -0.212 e. The molecule has 0 unspecified atom stereocenters. The van der Waals surface area contributed by atoms with Gasteiger partial charge in [-0.2, -0.15) is 13.2 Å². The number of rotatable bonds is 3. The van der Waals surface area contributed by atoms with E-state index in [4.69, 9.17) is 0 Å². The van der Waals surface area contributed by atoms with Gasteiger partial charge in [0.25, 0.3) is 0 Å². The van der Waals surface area contributed by atoms with Crippen molar-refractivity contribution in [3.05, 3.63) is 46.5 Å². The van der Waals surface area contributed by atoms with Crippen LogP contribution in [0.5, 0.6) is 0 Å². The number of sulfonamides is 1. The maximum atomic E-state index is 12.7. The number of hydrogen-bond acceptors (Lipinski definition) is 2. The lowest BCUT2D eigenvalue weighted by molar-refractivity contribution is -0.137. The molecule has 3 nitrogen and oxygen atoms in total. The summed E-state index contributed by atoms with van der Waals surface area (Å²) in [7, 11) is -3.58. The van der Waals surface area contributed by atoms with E-state index in [1.807, 2.05) is 0 Å². The van der Waals surface area contributed by atoms with Crippen LogP contribution in [0.4, 0.5) is 13.2 Å². The van der Waals surface area contributed by atoms with E-state index < -0.39 is 21.8 Å². The van der Waals surface area contributed by atoms with Crippen LogP contribution in [0.1, 0.15) is 36.8 Å². The van der Waals surface area contributed by atoms with Crippen molar-refractivity contribution >= 4 is 10.0 Å².